The van der Waals surface area contributed by atoms with Crippen molar-refractivity contribution in [3.63, 3.8) is 0 Å². The Kier molecular flexibility index (Phi) is 4.44. The van der Waals surface area contributed by atoms with Crippen LogP contribution in [0.3, 0.4) is 0 Å². The van der Waals surface area contributed by atoms with E-state index in [-0.39, 0.29) is 6.04 Å². The molecular formula is C17H23NO4. The van der Waals surface area contributed by atoms with E-state index in [1.165, 1.54) is 4.90 Å². The van der Waals surface area contributed by atoms with Gasteiger partial charge in [0.1, 0.15) is 11.6 Å². The number of amides is 1. The molecule has 1 heterocycles. The van der Waals surface area contributed by atoms with E-state index in [4.69, 9.17) is 4.74 Å². The van der Waals surface area contributed by atoms with Gasteiger partial charge in [-0.15, -0.1) is 0 Å². The Morgan fingerprint density at radius 2 is 1.95 bits per heavy atom. The molecule has 2 atom stereocenters. The molecule has 1 fully saturated rings. The summed E-state index contributed by atoms with van der Waals surface area (Å²) in [5.74, 6) is -0.985. The first-order valence-corrected chi connectivity index (χ1v) is 7.50. The zero-order chi connectivity index (χ0) is 16.5. The third kappa shape index (κ3) is 3.59. The smallest absolute Gasteiger partial charge is 0.411 e. The van der Waals surface area contributed by atoms with Gasteiger partial charge in [-0.3, -0.25) is 4.90 Å². The second-order valence-corrected chi connectivity index (χ2v) is 6.75. The summed E-state index contributed by atoms with van der Waals surface area (Å²) < 4.78 is 5.41. The van der Waals surface area contributed by atoms with Crippen LogP contribution < -0.4 is 0 Å². The molecule has 0 aromatic heterocycles. The highest BCUT2D eigenvalue weighted by atomic mass is 16.6. The number of carbonyl (C=O) groups excluding carboxylic acids is 1. The Labute approximate surface area is 130 Å². The van der Waals surface area contributed by atoms with Crippen molar-refractivity contribution >= 4 is 12.1 Å². The van der Waals surface area contributed by atoms with Gasteiger partial charge in [0.25, 0.3) is 0 Å². The zero-order valence-electron chi connectivity index (χ0n) is 13.5. The molecule has 5 nitrogen and oxygen atoms in total. The summed E-state index contributed by atoms with van der Waals surface area (Å²) in [7, 11) is 0. The normalized spacial score (nSPS) is 21.7. The number of carboxylic acids is 1. The molecule has 1 aliphatic heterocycles. The Morgan fingerprint density at radius 3 is 2.50 bits per heavy atom. The molecule has 1 amide bonds. The largest absolute Gasteiger partial charge is 0.480 e. The molecule has 120 valence electrons. The molecule has 5 heteroatoms. The maximum Gasteiger partial charge on any atom is 0.411 e. The van der Waals surface area contributed by atoms with E-state index in [0.717, 1.165) is 11.1 Å². The van der Waals surface area contributed by atoms with Crippen LogP contribution in [0.2, 0.25) is 0 Å². The molecule has 0 saturated carbocycles. The summed E-state index contributed by atoms with van der Waals surface area (Å²) in [5.41, 5.74) is 1.38. The van der Waals surface area contributed by atoms with Gasteiger partial charge in [-0.05, 0) is 46.1 Å². The Morgan fingerprint density at radius 1 is 1.27 bits per heavy atom. The fourth-order valence-electron chi connectivity index (χ4n) is 2.83. The van der Waals surface area contributed by atoms with Gasteiger partial charge in [0.05, 0.1) is 6.04 Å². The standard InChI is InChI=1S/C17H23NO4/c1-11-6-5-7-12(10-11)13-8-9-14(15(19)20)18(13)16(21)22-17(2,3)4/h5-7,10,13-14H,8-9H2,1-4H3,(H,19,20)/t13?,14-/m0/s1. The first-order chi connectivity index (χ1) is 10.2. The number of aliphatic carboxylic acids is 1. The van der Waals surface area contributed by atoms with Gasteiger partial charge in [0.2, 0.25) is 0 Å². The van der Waals surface area contributed by atoms with Gasteiger partial charge in [0, 0.05) is 0 Å². The number of aryl methyl sites for hydroxylation is 1. The van der Waals surface area contributed by atoms with Crippen LogP contribution in [0, 0.1) is 6.92 Å². The highest BCUT2D eigenvalue weighted by Crippen LogP contribution is 2.37. The number of benzene rings is 1. The maximum absolute atomic E-state index is 12.5. The summed E-state index contributed by atoms with van der Waals surface area (Å²) in [6, 6.07) is 6.74. The molecule has 2 rings (SSSR count). The van der Waals surface area contributed by atoms with Crippen LogP contribution in [-0.4, -0.2) is 33.7 Å². The van der Waals surface area contributed by atoms with Crippen molar-refractivity contribution in [1.29, 1.82) is 0 Å². The van der Waals surface area contributed by atoms with E-state index in [2.05, 4.69) is 0 Å². The number of rotatable bonds is 2. The first-order valence-electron chi connectivity index (χ1n) is 7.50. The van der Waals surface area contributed by atoms with Crippen molar-refractivity contribution in [2.75, 3.05) is 0 Å². The average Bonchev–Trinajstić information content (AvgIpc) is 2.81. The molecular weight excluding hydrogens is 282 g/mol. The Hall–Kier alpha value is -2.04. The molecule has 0 aliphatic carbocycles. The lowest BCUT2D eigenvalue weighted by molar-refractivity contribution is -0.142. The molecule has 22 heavy (non-hydrogen) atoms. The second kappa shape index (κ2) is 5.99. The average molecular weight is 305 g/mol. The molecule has 1 aliphatic rings. The third-order valence-corrected chi connectivity index (χ3v) is 3.70. The molecule has 1 saturated heterocycles. The first kappa shape index (κ1) is 16.3. The van der Waals surface area contributed by atoms with Gasteiger partial charge in [-0.25, -0.2) is 9.59 Å². The van der Waals surface area contributed by atoms with E-state index >= 15 is 0 Å². The lowest BCUT2D eigenvalue weighted by Gasteiger charge is -2.31. The number of hydrogen-bond acceptors (Lipinski definition) is 3. The number of nitrogens with zero attached hydrogens (tertiary/aromatic N) is 1. The van der Waals surface area contributed by atoms with Crippen LogP contribution in [0.25, 0.3) is 0 Å². The van der Waals surface area contributed by atoms with Gasteiger partial charge >= 0.3 is 12.1 Å². The Bertz CT molecular complexity index is 576. The fraction of sp³-hybridized carbons (Fsp3) is 0.529. The highest BCUT2D eigenvalue weighted by Gasteiger charge is 2.43. The quantitative estimate of drug-likeness (QED) is 0.907. The predicted octanol–water partition coefficient (Wildman–Crippen LogP) is 3.52. The van der Waals surface area contributed by atoms with Crippen molar-refractivity contribution < 1.29 is 19.4 Å². The molecule has 0 spiro atoms. The van der Waals surface area contributed by atoms with Crippen LogP contribution in [0.1, 0.15) is 50.8 Å². The van der Waals surface area contributed by atoms with Gasteiger partial charge < -0.3 is 9.84 Å². The number of carbonyl (C=O) groups is 2. The summed E-state index contributed by atoms with van der Waals surface area (Å²) >= 11 is 0. The zero-order valence-corrected chi connectivity index (χ0v) is 13.5. The monoisotopic (exact) mass is 305 g/mol. The molecule has 0 bridgehead atoms. The SMILES string of the molecule is Cc1cccc(C2CC[C@@H](C(=O)O)N2C(=O)OC(C)(C)C)c1. The summed E-state index contributed by atoms with van der Waals surface area (Å²) in [4.78, 5) is 25.3. The molecule has 0 radical (unpaired) electrons. The minimum Gasteiger partial charge on any atom is -0.480 e. The Balaban J connectivity index is 2.32. The van der Waals surface area contributed by atoms with E-state index in [1.54, 1.807) is 20.8 Å². The topological polar surface area (TPSA) is 66.8 Å². The van der Waals surface area contributed by atoms with Gasteiger partial charge in [-0.1, -0.05) is 29.8 Å². The lowest BCUT2D eigenvalue weighted by Crippen LogP contribution is -2.44. The van der Waals surface area contributed by atoms with Crippen LogP contribution in [-0.2, 0) is 9.53 Å². The molecule has 1 unspecified atom stereocenters. The van der Waals surface area contributed by atoms with E-state index in [9.17, 15) is 14.7 Å². The summed E-state index contributed by atoms with van der Waals surface area (Å²) in [6.45, 7) is 7.31. The molecule has 1 aromatic carbocycles. The number of likely N-dealkylation sites (tertiary alicyclic amines) is 1. The van der Waals surface area contributed by atoms with Crippen LogP contribution in [0.15, 0.2) is 24.3 Å². The third-order valence-electron chi connectivity index (χ3n) is 3.70. The fourth-order valence-corrected chi connectivity index (χ4v) is 2.83. The van der Waals surface area contributed by atoms with Crippen LogP contribution in [0.5, 0.6) is 0 Å². The van der Waals surface area contributed by atoms with Crippen molar-refractivity contribution in [2.45, 2.75) is 58.2 Å². The van der Waals surface area contributed by atoms with Crippen LogP contribution in [0.4, 0.5) is 4.79 Å². The predicted molar refractivity (Wildman–Crippen MR) is 82.7 cm³/mol. The van der Waals surface area contributed by atoms with E-state index in [1.807, 2.05) is 31.2 Å². The number of hydrogen-bond donors (Lipinski definition) is 1. The minimum atomic E-state index is -0.985. The lowest BCUT2D eigenvalue weighted by atomic mass is 10.0. The number of carboxylic acid groups (broad SMARTS) is 1. The highest BCUT2D eigenvalue weighted by molar-refractivity contribution is 5.81. The molecule has 1 N–H and O–H groups in total. The van der Waals surface area contributed by atoms with Crippen molar-refractivity contribution in [3.8, 4) is 0 Å². The maximum atomic E-state index is 12.5. The van der Waals surface area contributed by atoms with E-state index < -0.39 is 23.7 Å². The van der Waals surface area contributed by atoms with Crippen molar-refractivity contribution in [2.24, 2.45) is 0 Å². The summed E-state index contributed by atoms with van der Waals surface area (Å²) in [6.07, 6.45) is 0.497. The van der Waals surface area contributed by atoms with E-state index in [0.29, 0.717) is 12.8 Å². The summed E-state index contributed by atoms with van der Waals surface area (Å²) in [5, 5.41) is 9.40. The van der Waals surface area contributed by atoms with Crippen molar-refractivity contribution in [1.82, 2.24) is 4.90 Å². The second-order valence-electron chi connectivity index (χ2n) is 6.75. The van der Waals surface area contributed by atoms with Crippen molar-refractivity contribution in [3.05, 3.63) is 35.4 Å². The van der Waals surface area contributed by atoms with Gasteiger partial charge in [0.15, 0.2) is 0 Å². The number of ether oxygens (including phenoxy) is 1. The minimum absolute atomic E-state index is 0.254. The van der Waals surface area contributed by atoms with Crippen LogP contribution >= 0.6 is 0 Å². The molecule has 1 aromatic rings. The van der Waals surface area contributed by atoms with Gasteiger partial charge in [-0.2, -0.15) is 0 Å².